The summed E-state index contributed by atoms with van der Waals surface area (Å²) in [7, 11) is 1.27. The van der Waals surface area contributed by atoms with Crippen molar-refractivity contribution in [1.82, 2.24) is 4.98 Å². The van der Waals surface area contributed by atoms with Crippen molar-refractivity contribution in [3.05, 3.63) is 47.5 Å². The molecule has 0 amide bonds. The number of methoxy groups -OCH3 is 1. The molecular weight excluding hydrogens is 282 g/mol. The third-order valence-corrected chi connectivity index (χ3v) is 3.54. The topological polar surface area (TPSA) is 89.6 Å². The molecule has 0 aromatic carbocycles. The molecule has 0 saturated heterocycles. The van der Waals surface area contributed by atoms with Gasteiger partial charge in [0.15, 0.2) is 0 Å². The first kappa shape index (κ1) is 14.1. The van der Waals surface area contributed by atoms with Crippen LogP contribution in [0.3, 0.4) is 0 Å². The normalized spacial score (nSPS) is 10.2. The van der Waals surface area contributed by atoms with E-state index in [1.807, 2.05) is 0 Å². The number of carboxylic acids is 1. The van der Waals surface area contributed by atoms with Gasteiger partial charge in [-0.15, -0.1) is 11.8 Å². The number of carboxylic acid groups (broad SMARTS) is 1. The van der Waals surface area contributed by atoms with E-state index >= 15 is 0 Å². The molecule has 6 nitrogen and oxygen atoms in total. The first-order valence-electron chi connectivity index (χ1n) is 5.59. The van der Waals surface area contributed by atoms with Crippen LogP contribution >= 0.6 is 11.8 Å². The second-order valence-electron chi connectivity index (χ2n) is 3.72. The first-order chi connectivity index (χ1) is 9.63. The Morgan fingerprint density at radius 1 is 1.45 bits per heavy atom. The van der Waals surface area contributed by atoms with Crippen LogP contribution in [-0.2, 0) is 10.5 Å². The summed E-state index contributed by atoms with van der Waals surface area (Å²) >= 11 is 1.22. The number of aromatic nitrogens is 1. The van der Waals surface area contributed by atoms with Gasteiger partial charge in [0.1, 0.15) is 5.03 Å². The molecule has 104 valence electrons. The molecule has 0 spiro atoms. The van der Waals surface area contributed by atoms with E-state index in [-0.39, 0.29) is 11.3 Å². The van der Waals surface area contributed by atoms with E-state index in [2.05, 4.69) is 9.72 Å². The summed E-state index contributed by atoms with van der Waals surface area (Å²) in [5.74, 6) is -1.13. The number of hydrogen-bond donors (Lipinski definition) is 1. The number of rotatable bonds is 5. The Kier molecular flexibility index (Phi) is 4.41. The average Bonchev–Trinajstić information content (AvgIpc) is 2.92. The van der Waals surface area contributed by atoms with Crippen molar-refractivity contribution >= 4 is 23.7 Å². The van der Waals surface area contributed by atoms with Crippen molar-refractivity contribution in [1.29, 1.82) is 0 Å². The SMILES string of the molecule is COC(=O)c1occc1CSc1ncccc1C(=O)O. The van der Waals surface area contributed by atoms with Crippen molar-refractivity contribution in [3.63, 3.8) is 0 Å². The second-order valence-corrected chi connectivity index (χ2v) is 4.68. The van der Waals surface area contributed by atoms with Gasteiger partial charge < -0.3 is 14.3 Å². The fourth-order valence-corrected chi connectivity index (χ4v) is 2.50. The third kappa shape index (κ3) is 3.00. The van der Waals surface area contributed by atoms with Crippen LogP contribution in [0.5, 0.6) is 0 Å². The highest BCUT2D eigenvalue weighted by atomic mass is 32.2. The Morgan fingerprint density at radius 3 is 2.95 bits per heavy atom. The van der Waals surface area contributed by atoms with Crippen molar-refractivity contribution in [2.24, 2.45) is 0 Å². The molecule has 2 aromatic heterocycles. The fourth-order valence-electron chi connectivity index (χ4n) is 1.54. The maximum Gasteiger partial charge on any atom is 0.374 e. The van der Waals surface area contributed by atoms with E-state index in [1.165, 1.54) is 37.4 Å². The molecule has 2 aromatic rings. The van der Waals surface area contributed by atoms with Crippen molar-refractivity contribution in [3.8, 4) is 0 Å². The Balaban J connectivity index is 2.16. The minimum Gasteiger partial charge on any atom is -0.478 e. The minimum absolute atomic E-state index is 0.118. The summed E-state index contributed by atoms with van der Waals surface area (Å²) in [6.45, 7) is 0. The van der Waals surface area contributed by atoms with E-state index in [0.29, 0.717) is 16.3 Å². The van der Waals surface area contributed by atoms with E-state index in [9.17, 15) is 9.59 Å². The van der Waals surface area contributed by atoms with Gasteiger partial charge in [0.05, 0.1) is 18.9 Å². The summed E-state index contributed by atoms with van der Waals surface area (Å²) in [5, 5.41) is 9.44. The number of thioether (sulfide) groups is 1. The summed E-state index contributed by atoms with van der Waals surface area (Å²) < 4.78 is 9.66. The number of furan rings is 1. The molecule has 0 radical (unpaired) electrons. The number of nitrogens with zero attached hydrogens (tertiary/aromatic N) is 1. The minimum atomic E-state index is -1.04. The number of hydrogen-bond acceptors (Lipinski definition) is 6. The number of aromatic carboxylic acids is 1. The Labute approximate surface area is 118 Å². The van der Waals surface area contributed by atoms with Crippen LogP contribution in [0.2, 0.25) is 0 Å². The Hall–Kier alpha value is -2.28. The lowest BCUT2D eigenvalue weighted by atomic mass is 10.3. The molecule has 20 heavy (non-hydrogen) atoms. The largest absolute Gasteiger partial charge is 0.478 e. The van der Waals surface area contributed by atoms with Gasteiger partial charge in [-0.3, -0.25) is 0 Å². The van der Waals surface area contributed by atoms with Gasteiger partial charge in [-0.25, -0.2) is 14.6 Å². The van der Waals surface area contributed by atoms with Crippen LogP contribution in [0.1, 0.15) is 26.5 Å². The molecule has 0 atom stereocenters. The zero-order chi connectivity index (χ0) is 14.5. The average molecular weight is 293 g/mol. The highest BCUT2D eigenvalue weighted by Gasteiger charge is 2.17. The van der Waals surface area contributed by atoms with Gasteiger partial charge >= 0.3 is 11.9 Å². The molecule has 0 unspecified atom stereocenters. The molecule has 2 rings (SSSR count). The Bertz CT molecular complexity index is 637. The van der Waals surface area contributed by atoms with Gasteiger partial charge in [0.2, 0.25) is 5.76 Å². The standard InChI is InChI=1S/C13H11NO5S/c1-18-13(17)10-8(4-6-19-10)7-20-11-9(12(15)16)3-2-5-14-11/h2-6H,7H2,1H3,(H,15,16). The van der Waals surface area contributed by atoms with Crippen LogP contribution in [0.15, 0.2) is 40.1 Å². The van der Waals surface area contributed by atoms with Gasteiger partial charge in [-0.05, 0) is 18.2 Å². The molecule has 2 heterocycles. The number of pyridine rings is 1. The van der Waals surface area contributed by atoms with Crippen LogP contribution in [0.25, 0.3) is 0 Å². The van der Waals surface area contributed by atoms with Crippen LogP contribution in [-0.4, -0.2) is 29.1 Å². The van der Waals surface area contributed by atoms with Crippen molar-refractivity contribution < 1.29 is 23.8 Å². The summed E-state index contributed by atoms with van der Waals surface area (Å²) in [5.41, 5.74) is 0.754. The van der Waals surface area contributed by atoms with E-state index in [1.54, 1.807) is 12.1 Å². The van der Waals surface area contributed by atoms with Crippen molar-refractivity contribution in [2.45, 2.75) is 10.8 Å². The maximum absolute atomic E-state index is 11.4. The first-order valence-corrected chi connectivity index (χ1v) is 6.58. The lowest BCUT2D eigenvalue weighted by Crippen LogP contribution is -2.03. The summed E-state index contributed by atoms with van der Waals surface area (Å²) in [4.78, 5) is 26.5. The predicted molar refractivity (Wildman–Crippen MR) is 70.8 cm³/mol. The Morgan fingerprint density at radius 2 is 2.25 bits per heavy atom. The zero-order valence-electron chi connectivity index (χ0n) is 10.5. The van der Waals surface area contributed by atoms with Crippen LogP contribution in [0.4, 0.5) is 0 Å². The second kappa shape index (κ2) is 6.25. The number of ether oxygens (including phenoxy) is 1. The summed E-state index contributed by atoms with van der Waals surface area (Å²) in [6.07, 6.45) is 2.91. The number of carbonyl (C=O) groups excluding carboxylic acids is 1. The molecule has 0 aliphatic carbocycles. The molecule has 1 N–H and O–H groups in total. The van der Waals surface area contributed by atoms with Gasteiger partial charge in [-0.2, -0.15) is 0 Å². The molecule has 0 bridgehead atoms. The maximum atomic E-state index is 11.4. The van der Waals surface area contributed by atoms with E-state index in [4.69, 9.17) is 9.52 Å². The lowest BCUT2D eigenvalue weighted by molar-refractivity contribution is 0.0563. The van der Waals surface area contributed by atoms with E-state index < -0.39 is 11.9 Å². The fraction of sp³-hybridized carbons (Fsp3) is 0.154. The molecule has 0 saturated carbocycles. The van der Waals surface area contributed by atoms with Crippen LogP contribution < -0.4 is 0 Å². The lowest BCUT2D eigenvalue weighted by Gasteiger charge is -2.04. The number of esters is 1. The third-order valence-electron chi connectivity index (χ3n) is 2.48. The monoisotopic (exact) mass is 293 g/mol. The van der Waals surface area contributed by atoms with Gasteiger partial charge in [0, 0.05) is 17.5 Å². The highest BCUT2D eigenvalue weighted by molar-refractivity contribution is 7.98. The van der Waals surface area contributed by atoms with Crippen LogP contribution in [0, 0.1) is 0 Å². The van der Waals surface area contributed by atoms with Crippen molar-refractivity contribution in [2.75, 3.05) is 7.11 Å². The summed E-state index contributed by atoms with van der Waals surface area (Å²) in [6, 6.07) is 4.68. The van der Waals surface area contributed by atoms with Gasteiger partial charge in [-0.1, -0.05) is 0 Å². The zero-order valence-corrected chi connectivity index (χ0v) is 11.3. The molecular formula is C13H11NO5S. The molecule has 0 aliphatic rings. The quantitative estimate of drug-likeness (QED) is 0.669. The van der Waals surface area contributed by atoms with E-state index in [0.717, 1.165) is 0 Å². The predicted octanol–water partition coefficient (Wildman–Crippen LogP) is 2.45. The molecule has 0 aliphatic heterocycles. The molecule has 0 fully saturated rings. The smallest absolute Gasteiger partial charge is 0.374 e. The molecule has 7 heteroatoms. The number of carbonyl (C=O) groups is 2. The highest BCUT2D eigenvalue weighted by Crippen LogP contribution is 2.26. The van der Waals surface area contributed by atoms with Gasteiger partial charge in [0.25, 0.3) is 0 Å².